The Hall–Kier alpha value is -2.97. The van der Waals surface area contributed by atoms with Gasteiger partial charge in [-0.1, -0.05) is 22.4 Å². The lowest BCUT2D eigenvalue weighted by Crippen LogP contribution is -2.17. The van der Waals surface area contributed by atoms with Crippen LogP contribution in [0.25, 0.3) is 11.1 Å². The third kappa shape index (κ3) is 3.97. The monoisotopic (exact) mass is 399 g/mol. The smallest absolute Gasteiger partial charge is 0.173 e. The summed E-state index contributed by atoms with van der Waals surface area (Å²) < 4.78 is 44.7. The van der Waals surface area contributed by atoms with E-state index in [1.54, 1.807) is 36.5 Å². The van der Waals surface area contributed by atoms with Crippen LogP contribution in [0.4, 0.5) is 21.6 Å². The van der Waals surface area contributed by atoms with Crippen LogP contribution in [0, 0.1) is 5.82 Å². The lowest BCUT2D eigenvalue weighted by atomic mass is 10.00. The molecule has 1 unspecified atom stereocenters. The van der Waals surface area contributed by atoms with Gasteiger partial charge in [0.15, 0.2) is 11.6 Å². The summed E-state index contributed by atoms with van der Waals surface area (Å²) in [6.07, 6.45) is 3.50. The molecule has 8 heteroatoms. The maximum Gasteiger partial charge on any atom is 0.173 e. The minimum absolute atomic E-state index is 0.303. The van der Waals surface area contributed by atoms with Gasteiger partial charge in [-0.2, -0.15) is 0 Å². The fourth-order valence-corrected chi connectivity index (χ4v) is 3.75. The summed E-state index contributed by atoms with van der Waals surface area (Å²) in [5.41, 5.74) is 3.66. The normalized spacial score (nSPS) is 14.7. The number of halogens is 1. The van der Waals surface area contributed by atoms with Crippen molar-refractivity contribution >= 4 is 27.6 Å². The molecule has 0 saturated heterocycles. The predicted molar refractivity (Wildman–Crippen MR) is 107 cm³/mol. The van der Waals surface area contributed by atoms with Gasteiger partial charge < -0.3 is 14.6 Å². The van der Waals surface area contributed by atoms with E-state index in [4.69, 9.17) is 4.74 Å². The average molecular weight is 399 g/mol. The number of fused-ring (bicyclic) bond motifs is 1. The van der Waals surface area contributed by atoms with Gasteiger partial charge in [0.25, 0.3) is 0 Å². The van der Waals surface area contributed by atoms with Crippen LogP contribution >= 0.6 is 0 Å². The number of nitrogens with zero attached hydrogens (tertiary/aromatic N) is 1. The molecule has 0 fully saturated rings. The zero-order chi connectivity index (χ0) is 19.7. The number of ether oxygens (including phenoxy) is 1. The standard InChI is InChI=1S/C20H18FN3O3S/c1-28(25,26)24-16-7-3-6-15(11-16)23-20-19-17(8-9-27-19)18(12-22-20)13-4-2-5-14(21)10-13/h2-7,10-12H,8-9H2,1H3,(H2-,22,23,24,25,26). The largest absolute Gasteiger partial charge is 0.593 e. The highest BCUT2D eigenvalue weighted by Gasteiger charge is 2.22. The van der Waals surface area contributed by atoms with Crippen molar-refractivity contribution in [3.63, 3.8) is 0 Å². The molecule has 2 heterocycles. The zero-order valence-corrected chi connectivity index (χ0v) is 15.9. The highest BCUT2D eigenvalue weighted by molar-refractivity contribution is 7.98. The third-order valence-electron chi connectivity index (χ3n) is 4.30. The van der Waals surface area contributed by atoms with E-state index < -0.39 is 10.4 Å². The topological polar surface area (TPSA) is 86.3 Å². The van der Waals surface area contributed by atoms with Crippen molar-refractivity contribution in [1.29, 1.82) is 0 Å². The molecule has 0 radical (unpaired) electrons. The second-order valence-electron chi connectivity index (χ2n) is 6.52. The molecule has 6 nitrogen and oxygen atoms in total. The summed E-state index contributed by atoms with van der Waals surface area (Å²) in [7, 11) is -3.36. The first kappa shape index (κ1) is 18.4. The number of pyridine rings is 1. The lowest BCUT2D eigenvalue weighted by Gasteiger charge is -2.15. The summed E-state index contributed by atoms with van der Waals surface area (Å²) in [6.45, 7) is 0.522. The summed E-state index contributed by atoms with van der Waals surface area (Å²) >= 11 is 0. The van der Waals surface area contributed by atoms with Crippen LogP contribution in [-0.2, 0) is 21.0 Å². The maximum atomic E-state index is 13.6. The Morgan fingerprint density at radius 3 is 2.75 bits per heavy atom. The van der Waals surface area contributed by atoms with Gasteiger partial charge in [-0.3, -0.25) is 0 Å². The maximum absolute atomic E-state index is 13.6. The molecule has 2 aromatic carbocycles. The summed E-state index contributed by atoms with van der Waals surface area (Å²) in [6, 6.07) is 13.3. The molecule has 3 aromatic rings. The SMILES string of the molecule is C[S+](=O)([O-])Nc1cccc(Nc2ncc(-c3cccc(F)c3)c3c2OCC3)c1. The molecule has 1 aliphatic rings. The van der Waals surface area contributed by atoms with Crippen molar-refractivity contribution in [2.45, 2.75) is 6.42 Å². The van der Waals surface area contributed by atoms with E-state index in [0.29, 0.717) is 36.0 Å². The van der Waals surface area contributed by atoms with Gasteiger partial charge in [-0.25, -0.2) is 14.1 Å². The van der Waals surface area contributed by atoms with E-state index in [0.717, 1.165) is 22.9 Å². The van der Waals surface area contributed by atoms with E-state index in [-0.39, 0.29) is 5.82 Å². The number of nitrogens with one attached hydrogen (secondary N) is 2. The Balaban J connectivity index is 1.66. The van der Waals surface area contributed by atoms with Crippen LogP contribution in [0.3, 0.4) is 0 Å². The number of anilines is 3. The molecule has 1 atom stereocenters. The van der Waals surface area contributed by atoms with Gasteiger partial charge in [0.2, 0.25) is 0 Å². The van der Waals surface area contributed by atoms with Gasteiger partial charge in [-0.15, -0.1) is 0 Å². The number of hydrogen-bond donors (Lipinski definition) is 2. The summed E-state index contributed by atoms with van der Waals surface area (Å²) in [5, 5.41) is 3.18. The fraction of sp³-hybridized carbons (Fsp3) is 0.150. The first-order valence-electron chi connectivity index (χ1n) is 8.64. The van der Waals surface area contributed by atoms with E-state index in [2.05, 4.69) is 15.0 Å². The third-order valence-corrected chi connectivity index (χ3v) is 4.91. The Bertz CT molecular complexity index is 1080. The van der Waals surface area contributed by atoms with Crippen molar-refractivity contribution in [1.82, 2.24) is 4.98 Å². The first-order valence-corrected chi connectivity index (χ1v) is 10.5. The van der Waals surface area contributed by atoms with Crippen molar-refractivity contribution in [2.75, 3.05) is 22.9 Å². The molecular weight excluding hydrogens is 381 g/mol. The van der Waals surface area contributed by atoms with E-state index in [1.807, 2.05) is 6.07 Å². The minimum atomic E-state index is -3.36. The van der Waals surface area contributed by atoms with Crippen molar-refractivity contribution < 1.29 is 17.9 Å². The van der Waals surface area contributed by atoms with Gasteiger partial charge >= 0.3 is 0 Å². The highest BCUT2D eigenvalue weighted by Crippen LogP contribution is 2.40. The Morgan fingerprint density at radius 1 is 1.18 bits per heavy atom. The predicted octanol–water partition coefficient (Wildman–Crippen LogP) is 4.15. The molecular formula is C20H18FN3O3S. The number of hydrogen-bond acceptors (Lipinski definition) is 5. The molecule has 0 amide bonds. The second kappa shape index (κ2) is 7.21. The van der Waals surface area contributed by atoms with Gasteiger partial charge in [0, 0.05) is 29.4 Å². The van der Waals surface area contributed by atoms with E-state index >= 15 is 0 Å². The number of rotatable bonds is 5. The minimum Gasteiger partial charge on any atom is -0.593 e. The van der Waals surface area contributed by atoms with Crippen molar-refractivity contribution in [3.8, 4) is 16.9 Å². The van der Waals surface area contributed by atoms with Crippen LogP contribution in [0.5, 0.6) is 5.75 Å². The lowest BCUT2D eigenvalue weighted by molar-refractivity contribution is 0.357. The zero-order valence-electron chi connectivity index (χ0n) is 15.1. The molecule has 1 aliphatic heterocycles. The average Bonchev–Trinajstić information content (AvgIpc) is 3.11. The second-order valence-corrected chi connectivity index (χ2v) is 8.27. The highest BCUT2D eigenvalue weighted by atomic mass is 32.3. The molecule has 144 valence electrons. The van der Waals surface area contributed by atoms with Gasteiger partial charge in [0.05, 0.1) is 12.3 Å². The molecule has 0 bridgehead atoms. The van der Waals surface area contributed by atoms with Crippen LogP contribution in [0.15, 0.2) is 54.7 Å². The summed E-state index contributed by atoms with van der Waals surface area (Å²) in [4.78, 5) is 4.46. The summed E-state index contributed by atoms with van der Waals surface area (Å²) in [5.74, 6) is 0.856. The molecule has 28 heavy (non-hydrogen) atoms. The Morgan fingerprint density at radius 2 is 1.96 bits per heavy atom. The molecule has 1 aromatic heterocycles. The number of aromatic nitrogens is 1. The van der Waals surface area contributed by atoms with Crippen molar-refractivity contribution in [2.24, 2.45) is 0 Å². The Kier molecular flexibility index (Phi) is 4.74. The van der Waals surface area contributed by atoms with Crippen LogP contribution < -0.4 is 14.8 Å². The molecule has 0 aliphatic carbocycles. The van der Waals surface area contributed by atoms with Crippen LogP contribution in [0.2, 0.25) is 0 Å². The Labute approximate surface area is 163 Å². The van der Waals surface area contributed by atoms with Crippen LogP contribution in [0.1, 0.15) is 5.56 Å². The van der Waals surface area contributed by atoms with E-state index in [1.165, 1.54) is 12.1 Å². The van der Waals surface area contributed by atoms with E-state index in [9.17, 15) is 13.2 Å². The fourth-order valence-electron chi connectivity index (χ4n) is 3.19. The molecule has 0 spiro atoms. The number of benzene rings is 2. The van der Waals surface area contributed by atoms with Gasteiger partial charge in [-0.05, 0) is 35.9 Å². The molecule has 2 N–H and O–H groups in total. The molecule has 0 saturated carbocycles. The van der Waals surface area contributed by atoms with Gasteiger partial charge in [0.1, 0.15) is 22.5 Å². The number of sulfonamides is 1. The quantitative estimate of drug-likeness (QED) is 0.630. The first-order chi connectivity index (χ1) is 13.4. The van der Waals surface area contributed by atoms with Crippen molar-refractivity contribution in [3.05, 3.63) is 66.1 Å². The molecule has 4 rings (SSSR count). The van der Waals surface area contributed by atoms with Crippen LogP contribution in [-0.4, -0.2) is 22.4 Å².